The van der Waals surface area contributed by atoms with Crippen LogP contribution in [-0.2, 0) is 17.9 Å². The van der Waals surface area contributed by atoms with Gasteiger partial charge in [0, 0.05) is 29.0 Å². The lowest BCUT2D eigenvalue weighted by Gasteiger charge is -2.19. The Hall–Kier alpha value is -1.53. The quantitative estimate of drug-likeness (QED) is 0.444. The van der Waals surface area contributed by atoms with E-state index in [1.54, 1.807) is 18.6 Å². The molecule has 3 aromatic rings. The lowest BCUT2D eigenvalue weighted by atomic mass is 10.1. The van der Waals surface area contributed by atoms with Crippen molar-refractivity contribution in [2.45, 2.75) is 18.4 Å². The zero-order valence-electron chi connectivity index (χ0n) is 13.7. The highest BCUT2D eigenvalue weighted by molar-refractivity contribution is 8.22. The predicted octanol–water partition coefficient (Wildman–Crippen LogP) is 6.17. The first-order chi connectivity index (χ1) is 12.6. The van der Waals surface area contributed by atoms with Crippen molar-refractivity contribution in [2.75, 3.05) is 0 Å². The molecule has 1 heterocycles. The summed E-state index contributed by atoms with van der Waals surface area (Å²) in [6, 6.07) is 15.4. The summed E-state index contributed by atoms with van der Waals surface area (Å²) in [7, 11) is 0. The fourth-order valence-corrected chi connectivity index (χ4v) is 4.37. The van der Waals surface area contributed by atoms with Crippen LogP contribution >= 0.6 is 47.2 Å². The standard InChI is InChI=1S/C19H16Cl2N2OS2/c20-15-6-7-16(17(21)10-15)18(11-23-9-8-22-13-23)26-19(25)24-12-14-4-2-1-3-5-14/h1-10,13,18H,11-12H2. The van der Waals surface area contributed by atoms with Gasteiger partial charge in [0.25, 0.3) is 0 Å². The van der Waals surface area contributed by atoms with Crippen LogP contribution in [0.1, 0.15) is 16.4 Å². The third-order valence-corrected chi connectivity index (χ3v) is 5.65. The van der Waals surface area contributed by atoms with Crippen molar-refractivity contribution in [3.05, 3.63) is 88.4 Å². The maximum atomic E-state index is 6.41. The average molecular weight is 423 g/mol. The van der Waals surface area contributed by atoms with Gasteiger partial charge in [-0.3, -0.25) is 0 Å². The summed E-state index contributed by atoms with van der Waals surface area (Å²) in [5.41, 5.74) is 2.03. The van der Waals surface area contributed by atoms with E-state index in [-0.39, 0.29) is 5.25 Å². The van der Waals surface area contributed by atoms with E-state index >= 15 is 0 Å². The molecule has 26 heavy (non-hydrogen) atoms. The molecule has 0 radical (unpaired) electrons. The Kier molecular flexibility index (Phi) is 6.97. The number of aromatic nitrogens is 2. The smallest absolute Gasteiger partial charge is 0.220 e. The third kappa shape index (κ3) is 5.48. The number of halogens is 2. The Labute approximate surface area is 172 Å². The normalized spacial score (nSPS) is 11.9. The molecule has 0 spiro atoms. The fourth-order valence-electron chi connectivity index (χ4n) is 2.41. The number of ether oxygens (including phenoxy) is 1. The second-order valence-corrected chi connectivity index (χ2v) is 8.20. The summed E-state index contributed by atoms with van der Waals surface area (Å²) < 4.78 is 8.23. The molecular formula is C19H16Cl2N2OS2. The zero-order chi connectivity index (χ0) is 18.4. The van der Waals surface area contributed by atoms with E-state index in [0.29, 0.717) is 27.6 Å². The van der Waals surface area contributed by atoms with Crippen molar-refractivity contribution >= 4 is 51.6 Å². The van der Waals surface area contributed by atoms with Gasteiger partial charge in [-0.05, 0) is 35.5 Å². The van der Waals surface area contributed by atoms with Crippen LogP contribution in [0.5, 0.6) is 0 Å². The van der Waals surface area contributed by atoms with Crippen LogP contribution in [0.2, 0.25) is 10.0 Å². The number of hydrogen-bond acceptors (Lipinski definition) is 4. The molecule has 1 atom stereocenters. The molecule has 134 valence electrons. The molecule has 0 aliphatic carbocycles. The fraction of sp³-hybridized carbons (Fsp3) is 0.158. The molecule has 0 saturated carbocycles. The van der Waals surface area contributed by atoms with Crippen LogP contribution in [0.25, 0.3) is 0 Å². The van der Waals surface area contributed by atoms with Gasteiger partial charge in [-0.25, -0.2) is 4.98 Å². The van der Waals surface area contributed by atoms with Gasteiger partial charge in [-0.15, -0.1) is 0 Å². The topological polar surface area (TPSA) is 27.1 Å². The van der Waals surface area contributed by atoms with Crippen molar-refractivity contribution in [3.63, 3.8) is 0 Å². The van der Waals surface area contributed by atoms with Crippen LogP contribution in [0.15, 0.2) is 67.3 Å². The molecule has 3 rings (SSSR count). The first kappa shape index (κ1) is 19.2. The Bertz CT molecular complexity index is 857. The monoisotopic (exact) mass is 422 g/mol. The number of thiocarbonyl (C=S) groups is 1. The molecule has 0 bridgehead atoms. The second-order valence-electron chi connectivity index (χ2n) is 5.56. The van der Waals surface area contributed by atoms with Crippen LogP contribution in [0, 0.1) is 0 Å². The van der Waals surface area contributed by atoms with Crippen LogP contribution in [0.3, 0.4) is 0 Å². The Morgan fingerprint density at radius 1 is 1.19 bits per heavy atom. The van der Waals surface area contributed by atoms with Gasteiger partial charge in [0.2, 0.25) is 4.38 Å². The number of hydrogen-bond donors (Lipinski definition) is 0. The van der Waals surface area contributed by atoms with Crippen molar-refractivity contribution in [3.8, 4) is 0 Å². The summed E-state index contributed by atoms with van der Waals surface area (Å²) >= 11 is 19.4. The number of rotatable bonds is 6. The van der Waals surface area contributed by atoms with Crippen molar-refractivity contribution < 1.29 is 4.74 Å². The minimum absolute atomic E-state index is 0.0164. The maximum Gasteiger partial charge on any atom is 0.220 e. The summed E-state index contributed by atoms with van der Waals surface area (Å²) in [5, 5.41) is 1.20. The van der Waals surface area contributed by atoms with Gasteiger partial charge in [-0.1, -0.05) is 71.4 Å². The van der Waals surface area contributed by atoms with E-state index in [2.05, 4.69) is 4.98 Å². The maximum absolute atomic E-state index is 6.41. The first-order valence-corrected chi connectivity index (χ1v) is 9.94. The molecule has 0 saturated heterocycles. The van der Waals surface area contributed by atoms with Gasteiger partial charge in [-0.2, -0.15) is 0 Å². The Balaban J connectivity index is 1.71. The van der Waals surface area contributed by atoms with Gasteiger partial charge in [0.1, 0.15) is 6.61 Å². The van der Waals surface area contributed by atoms with Crippen LogP contribution < -0.4 is 0 Å². The van der Waals surface area contributed by atoms with E-state index in [0.717, 1.165) is 11.1 Å². The molecule has 0 aliphatic heterocycles. The number of thioether (sulfide) groups is 1. The van der Waals surface area contributed by atoms with E-state index in [1.807, 2.05) is 53.2 Å². The number of imidazole rings is 1. The summed E-state index contributed by atoms with van der Waals surface area (Å²) in [5.74, 6) is 0. The van der Waals surface area contributed by atoms with Crippen molar-refractivity contribution in [1.82, 2.24) is 9.55 Å². The molecular weight excluding hydrogens is 407 g/mol. The van der Waals surface area contributed by atoms with E-state index in [9.17, 15) is 0 Å². The van der Waals surface area contributed by atoms with Gasteiger partial charge in [0.15, 0.2) is 0 Å². The lowest BCUT2D eigenvalue weighted by molar-refractivity contribution is 0.310. The molecule has 1 unspecified atom stereocenters. The third-order valence-electron chi connectivity index (χ3n) is 3.68. The summed E-state index contributed by atoms with van der Waals surface area (Å²) in [6.45, 7) is 1.11. The van der Waals surface area contributed by atoms with Crippen molar-refractivity contribution in [1.29, 1.82) is 0 Å². The van der Waals surface area contributed by atoms with Gasteiger partial charge < -0.3 is 9.30 Å². The van der Waals surface area contributed by atoms with Crippen LogP contribution in [0.4, 0.5) is 0 Å². The van der Waals surface area contributed by atoms with Gasteiger partial charge in [0.05, 0.1) is 11.6 Å². The van der Waals surface area contributed by atoms with E-state index in [4.69, 9.17) is 40.2 Å². The predicted molar refractivity (Wildman–Crippen MR) is 113 cm³/mol. The highest BCUT2D eigenvalue weighted by atomic mass is 35.5. The van der Waals surface area contributed by atoms with E-state index in [1.165, 1.54) is 11.8 Å². The Morgan fingerprint density at radius 2 is 2.00 bits per heavy atom. The summed E-state index contributed by atoms with van der Waals surface area (Å²) in [4.78, 5) is 4.10. The van der Waals surface area contributed by atoms with Gasteiger partial charge >= 0.3 is 0 Å². The Morgan fingerprint density at radius 3 is 2.69 bits per heavy atom. The lowest BCUT2D eigenvalue weighted by Crippen LogP contribution is -2.09. The minimum Gasteiger partial charge on any atom is -0.474 e. The molecule has 0 amide bonds. The number of nitrogens with zero attached hydrogens (tertiary/aromatic N) is 2. The molecule has 1 aromatic heterocycles. The molecule has 2 aromatic carbocycles. The average Bonchev–Trinajstić information content (AvgIpc) is 3.13. The molecule has 0 fully saturated rings. The summed E-state index contributed by atoms with van der Waals surface area (Å²) in [6.07, 6.45) is 5.42. The van der Waals surface area contributed by atoms with Crippen LogP contribution in [-0.4, -0.2) is 13.9 Å². The number of benzene rings is 2. The highest BCUT2D eigenvalue weighted by Gasteiger charge is 2.19. The molecule has 0 N–H and O–H groups in total. The van der Waals surface area contributed by atoms with E-state index < -0.39 is 0 Å². The second kappa shape index (κ2) is 9.42. The SMILES string of the molecule is S=C(OCc1ccccc1)SC(Cn1ccnc1)c1ccc(Cl)cc1Cl. The molecule has 7 heteroatoms. The highest BCUT2D eigenvalue weighted by Crippen LogP contribution is 2.37. The molecule has 3 nitrogen and oxygen atoms in total. The largest absolute Gasteiger partial charge is 0.474 e. The zero-order valence-corrected chi connectivity index (χ0v) is 16.9. The first-order valence-electron chi connectivity index (χ1n) is 7.90. The minimum atomic E-state index is -0.0164. The van der Waals surface area contributed by atoms with Crippen molar-refractivity contribution in [2.24, 2.45) is 0 Å². The molecule has 0 aliphatic rings.